The van der Waals surface area contributed by atoms with Crippen LogP contribution in [0.3, 0.4) is 0 Å². The summed E-state index contributed by atoms with van der Waals surface area (Å²) in [5, 5.41) is 0. The van der Waals surface area contributed by atoms with Gasteiger partial charge in [-0.05, 0) is 38.2 Å². The number of carbonyl (C=O) groups excluding carboxylic acids is 1. The molecule has 0 bridgehead atoms. The predicted molar refractivity (Wildman–Crippen MR) is 102 cm³/mol. The Labute approximate surface area is 159 Å². The summed E-state index contributed by atoms with van der Waals surface area (Å²) in [5.74, 6) is 0.100. The molecule has 1 aliphatic carbocycles. The van der Waals surface area contributed by atoms with Crippen LogP contribution in [0.2, 0.25) is 0 Å². The maximum atomic E-state index is 13.3. The van der Waals surface area contributed by atoms with Crippen molar-refractivity contribution in [1.29, 1.82) is 0 Å². The first-order chi connectivity index (χ1) is 13.3. The fourth-order valence-corrected chi connectivity index (χ4v) is 4.36. The lowest BCUT2D eigenvalue weighted by Gasteiger charge is -2.39. The molecule has 0 radical (unpaired) electrons. The Hall–Kier alpha value is -1.99. The Morgan fingerprint density at radius 2 is 1.96 bits per heavy atom. The van der Waals surface area contributed by atoms with E-state index in [1.807, 2.05) is 12.4 Å². The molecule has 1 amide bonds. The van der Waals surface area contributed by atoms with Gasteiger partial charge in [0.05, 0.1) is 25.1 Å². The zero-order valence-corrected chi connectivity index (χ0v) is 15.7. The number of likely N-dealkylation sites (tertiary alicyclic amines) is 1. The van der Waals surface area contributed by atoms with Gasteiger partial charge in [0.2, 0.25) is 0 Å². The van der Waals surface area contributed by atoms with E-state index in [4.69, 9.17) is 4.74 Å². The molecule has 144 valence electrons. The number of hydrogen-bond acceptors (Lipinski definition) is 5. The second kappa shape index (κ2) is 7.20. The predicted octanol–water partition coefficient (Wildman–Crippen LogP) is 2.09. The maximum Gasteiger partial charge on any atom is 0.255 e. The molecule has 4 heterocycles. The SMILES string of the molecule is O=C(c1cnc2c(c1)ncn2C1CC1)N1CCCCC1CN1CCOCC1. The van der Waals surface area contributed by atoms with Gasteiger partial charge >= 0.3 is 0 Å². The lowest BCUT2D eigenvalue weighted by molar-refractivity contribution is 0.0166. The second-order valence-corrected chi connectivity index (χ2v) is 8.01. The monoisotopic (exact) mass is 369 g/mol. The third-order valence-corrected chi connectivity index (χ3v) is 6.06. The van der Waals surface area contributed by atoms with E-state index in [2.05, 4.69) is 24.3 Å². The largest absolute Gasteiger partial charge is 0.379 e. The Bertz CT molecular complexity index is 825. The molecule has 1 atom stereocenters. The molecule has 2 aromatic heterocycles. The fourth-order valence-electron chi connectivity index (χ4n) is 4.36. The first-order valence-electron chi connectivity index (χ1n) is 10.2. The minimum Gasteiger partial charge on any atom is -0.379 e. The zero-order chi connectivity index (χ0) is 18.2. The number of piperidine rings is 1. The molecule has 2 aromatic rings. The molecule has 0 aromatic carbocycles. The summed E-state index contributed by atoms with van der Waals surface area (Å²) >= 11 is 0. The number of fused-ring (bicyclic) bond motifs is 1. The van der Waals surface area contributed by atoms with E-state index in [1.54, 1.807) is 6.20 Å². The fraction of sp³-hybridized carbons (Fsp3) is 0.650. The average Bonchev–Trinajstić information content (AvgIpc) is 3.47. The van der Waals surface area contributed by atoms with Gasteiger partial charge in [-0.15, -0.1) is 0 Å². The van der Waals surface area contributed by atoms with Crippen LogP contribution in [0.1, 0.15) is 48.5 Å². The third kappa shape index (κ3) is 3.46. The molecule has 1 saturated carbocycles. The van der Waals surface area contributed by atoms with E-state index < -0.39 is 0 Å². The highest BCUT2D eigenvalue weighted by Gasteiger charge is 2.30. The summed E-state index contributed by atoms with van der Waals surface area (Å²) in [4.78, 5) is 26.8. The quantitative estimate of drug-likeness (QED) is 0.826. The molecule has 2 aliphatic heterocycles. The number of carbonyl (C=O) groups is 1. The van der Waals surface area contributed by atoms with Crippen LogP contribution in [0, 0.1) is 0 Å². The van der Waals surface area contributed by atoms with E-state index in [0.29, 0.717) is 11.6 Å². The van der Waals surface area contributed by atoms with Gasteiger partial charge in [0, 0.05) is 44.5 Å². The Balaban J connectivity index is 1.35. The maximum absolute atomic E-state index is 13.3. The highest BCUT2D eigenvalue weighted by atomic mass is 16.5. The highest BCUT2D eigenvalue weighted by Crippen LogP contribution is 2.36. The Morgan fingerprint density at radius 1 is 1.11 bits per heavy atom. The van der Waals surface area contributed by atoms with E-state index >= 15 is 0 Å². The van der Waals surface area contributed by atoms with E-state index in [-0.39, 0.29) is 11.9 Å². The number of aromatic nitrogens is 3. The van der Waals surface area contributed by atoms with Crippen molar-refractivity contribution in [2.45, 2.75) is 44.2 Å². The highest BCUT2D eigenvalue weighted by molar-refractivity contribution is 5.96. The number of rotatable bonds is 4. The lowest BCUT2D eigenvalue weighted by atomic mass is 10.00. The topological polar surface area (TPSA) is 63.5 Å². The molecule has 7 heteroatoms. The summed E-state index contributed by atoms with van der Waals surface area (Å²) in [7, 11) is 0. The normalized spacial score (nSPS) is 24.4. The van der Waals surface area contributed by atoms with Gasteiger partial charge in [-0.1, -0.05) is 0 Å². The van der Waals surface area contributed by atoms with Gasteiger partial charge in [-0.25, -0.2) is 9.97 Å². The number of imidazole rings is 1. The molecule has 5 rings (SSSR count). The van der Waals surface area contributed by atoms with Gasteiger partial charge in [0.25, 0.3) is 5.91 Å². The number of morpholine rings is 1. The number of pyridine rings is 1. The first kappa shape index (κ1) is 17.1. The van der Waals surface area contributed by atoms with Gasteiger partial charge in [0.15, 0.2) is 5.65 Å². The number of amides is 1. The van der Waals surface area contributed by atoms with E-state index in [1.165, 1.54) is 19.3 Å². The number of ether oxygens (including phenoxy) is 1. The summed E-state index contributed by atoms with van der Waals surface area (Å²) in [5.41, 5.74) is 2.39. The van der Waals surface area contributed by atoms with Gasteiger partial charge in [0.1, 0.15) is 5.52 Å². The van der Waals surface area contributed by atoms with Crippen LogP contribution in [0.5, 0.6) is 0 Å². The molecular formula is C20H27N5O2. The van der Waals surface area contributed by atoms with Gasteiger partial charge < -0.3 is 14.2 Å². The van der Waals surface area contributed by atoms with Crippen molar-refractivity contribution in [3.05, 3.63) is 24.2 Å². The second-order valence-electron chi connectivity index (χ2n) is 8.01. The Morgan fingerprint density at radius 3 is 2.78 bits per heavy atom. The molecule has 2 saturated heterocycles. The summed E-state index contributed by atoms with van der Waals surface area (Å²) in [6, 6.07) is 2.75. The van der Waals surface area contributed by atoms with Crippen molar-refractivity contribution in [2.24, 2.45) is 0 Å². The molecule has 0 N–H and O–H groups in total. The van der Waals surface area contributed by atoms with Crippen LogP contribution >= 0.6 is 0 Å². The van der Waals surface area contributed by atoms with Crippen molar-refractivity contribution < 1.29 is 9.53 Å². The molecule has 3 fully saturated rings. The standard InChI is InChI=1S/C20H27N5O2/c26-20(15-11-18-19(21-12-15)25(14-22-18)16-4-5-16)24-6-2-1-3-17(24)13-23-7-9-27-10-8-23/h11-12,14,16-17H,1-10,13H2. The third-order valence-electron chi connectivity index (χ3n) is 6.06. The van der Waals surface area contributed by atoms with Crippen LogP contribution in [0.15, 0.2) is 18.6 Å². The van der Waals surface area contributed by atoms with Crippen LogP contribution in [0.25, 0.3) is 11.2 Å². The molecule has 7 nitrogen and oxygen atoms in total. The van der Waals surface area contributed by atoms with Crippen LogP contribution in [-0.4, -0.2) is 75.7 Å². The van der Waals surface area contributed by atoms with Crippen LogP contribution in [0.4, 0.5) is 0 Å². The number of hydrogen-bond donors (Lipinski definition) is 0. The van der Waals surface area contributed by atoms with Crippen molar-refractivity contribution in [1.82, 2.24) is 24.3 Å². The average molecular weight is 369 g/mol. The van der Waals surface area contributed by atoms with Crippen molar-refractivity contribution in [3.63, 3.8) is 0 Å². The molecular weight excluding hydrogens is 342 g/mol. The zero-order valence-electron chi connectivity index (χ0n) is 15.7. The van der Waals surface area contributed by atoms with E-state index in [0.717, 1.165) is 63.4 Å². The lowest BCUT2D eigenvalue weighted by Crippen LogP contribution is -2.51. The molecule has 3 aliphatic rings. The minimum absolute atomic E-state index is 0.100. The van der Waals surface area contributed by atoms with Crippen LogP contribution < -0.4 is 0 Å². The summed E-state index contributed by atoms with van der Waals surface area (Å²) < 4.78 is 7.60. The van der Waals surface area contributed by atoms with E-state index in [9.17, 15) is 4.79 Å². The van der Waals surface area contributed by atoms with Crippen molar-refractivity contribution in [2.75, 3.05) is 39.4 Å². The summed E-state index contributed by atoms with van der Waals surface area (Å²) in [6.45, 7) is 5.30. The minimum atomic E-state index is 0.100. The smallest absolute Gasteiger partial charge is 0.255 e. The Kier molecular flexibility index (Phi) is 4.57. The first-order valence-corrected chi connectivity index (χ1v) is 10.2. The molecule has 0 spiro atoms. The van der Waals surface area contributed by atoms with Gasteiger partial charge in [-0.2, -0.15) is 0 Å². The number of nitrogens with zero attached hydrogens (tertiary/aromatic N) is 5. The summed E-state index contributed by atoms with van der Waals surface area (Å²) in [6.07, 6.45) is 9.36. The van der Waals surface area contributed by atoms with Crippen molar-refractivity contribution in [3.8, 4) is 0 Å². The molecule has 1 unspecified atom stereocenters. The van der Waals surface area contributed by atoms with Gasteiger partial charge in [-0.3, -0.25) is 9.69 Å². The van der Waals surface area contributed by atoms with Crippen molar-refractivity contribution >= 4 is 17.1 Å². The van der Waals surface area contributed by atoms with Crippen LogP contribution in [-0.2, 0) is 4.74 Å². The molecule has 27 heavy (non-hydrogen) atoms.